The summed E-state index contributed by atoms with van der Waals surface area (Å²) in [5.74, 6) is -0.721. The highest BCUT2D eigenvalue weighted by atomic mass is 19.4. The maximum Gasteiger partial charge on any atom is 0.418 e. The number of benzene rings is 1. The molecular formula is C12H11F3N4O. The first-order valence-electron chi connectivity index (χ1n) is 5.55. The number of hydrogen-bond donors (Lipinski definition) is 2. The van der Waals surface area contributed by atoms with E-state index >= 15 is 0 Å². The molecule has 0 aliphatic rings. The minimum atomic E-state index is -4.61. The van der Waals surface area contributed by atoms with Gasteiger partial charge >= 0.3 is 6.18 Å². The number of aromatic nitrogens is 2. The lowest BCUT2D eigenvalue weighted by Crippen LogP contribution is -2.17. The Hall–Kier alpha value is -2.51. The van der Waals surface area contributed by atoms with Gasteiger partial charge in [0.25, 0.3) is 5.91 Å². The fourth-order valence-electron chi connectivity index (χ4n) is 1.63. The van der Waals surface area contributed by atoms with E-state index in [4.69, 9.17) is 5.73 Å². The van der Waals surface area contributed by atoms with Gasteiger partial charge in [0.05, 0.1) is 11.3 Å². The van der Waals surface area contributed by atoms with E-state index in [0.29, 0.717) is 0 Å². The van der Waals surface area contributed by atoms with Crippen molar-refractivity contribution in [2.45, 2.75) is 6.18 Å². The van der Waals surface area contributed by atoms with Crippen LogP contribution in [0.1, 0.15) is 16.1 Å². The average molecular weight is 284 g/mol. The molecule has 5 nitrogen and oxygen atoms in total. The van der Waals surface area contributed by atoms with E-state index in [1.165, 1.54) is 23.0 Å². The van der Waals surface area contributed by atoms with E-state index < -0.39 is 17.6 Å². The highest BCUT2D eigenvalue weighted by Crippen LogP contribution is 2.36. The SMILES string of the molecule is Cn1ccc(C(=O)Nc2ccc(N)cc2C(F)(F)F)n1. The lowest BCUT2D eigenvalue weighted by atomic mass is 10.1. The van der Waals surface area contributed by atoms with Crippen LogP contribution in [0, 0.1) is 0 Å². The molecule has 2 aromatic rings. The number of amides is 1. The van der Waals surface area contributed by atoms with Gasteiger partial charge in [-0.25, -0.2) is 0 Å². The third kappa shape index (κ3) is 2.90. The van der Waals surface area contributed by atoms with Gasteiger partial charge in [-0.05, 0) is 24.3 Å². The third-order valence-corrected chi connectivity index (χ3v) is 2.54. The topological polar surface area (TPSA) is 72.9 Å². The fraction of sp³-hybridized carbons (Fsp3) is 0.167. The van der Waals surface area contributed by atoms with Gasteiger partial charge in [-0.2, -0.15) is 18.3 Å². The van der Waals surface area contributed by atoms with Crippen molar-refractivity contribution in [3.63, 3.8) is 0 Å². The molecule has 20 heavy (non-hydrogen) atoms. The quantitative estimate of drug-likeness (QED) is 0.831. The van der Waals surface area contributed by atoms with E-state index in [1.807, 2.05) is 0 Å². The van der Waals surface area contributed by atoms with Gasteiger partial charge in [-0.15, -0.1) is 0 Å². The second-order valence-corrected chi connectivity index (χ2v) is 4.13. The van der Waals surface area contributed by atoms with Crippen LogP contribution in [0.25, 0.3) is 0 Å². The molecule has 2 rings (SSSR count). The van der Waals surface area contributed by atoms with E-state index in [0.717, 1.165) is 12.1 Å². The van der Waals surface area contributed by atoms with E-state index in [2.05, 4.69) is 10.4 Å². The number of halogens is 3. The van der Waals surface area contributed by atoms with Crippen LogP contribution in [0.2, 0.25) is 0 Å². The zero-order valence-corrected chi connectivity index (χ0v) is 10.4. The number of rotatable bonds is 2. The van der Waals surface area contributed by atoms with Crippen LogP contribution >= 0.6 is 0 Å². The van der Waals surface area contributed by atoms with E-state index in [-0.39, 0.29) is 17.1 Å². The summed E-state index contributed by atoms with van der Waals surface area (Å²) in [6, 6.07) is 4.57. The number of nitrogens with zero attached hydrogens (tertiary/aromatic N) is 2. The lowest BCUT2D eigenvalue weighted by molar-refractivity contribution is -0.136. The van der Waals surface area contributed by atoms with Crippen molar-refractivity contribution >= 4 is 17.3 Å². The fourth-order valence-corrected chi connectivity index (χ4v) is 1.63. The number of nitrogens with two attached hydrogens (primary N) is 1. The van der Waals surface area contributed by atoms with Gasteiger partial charge in [0, 0.05) is 18.9 Å². The Morgan fingerprint density at radius 1 is 1.35 bits per heavy atom. The number of nitrogens with one attached hydrogen (secondary N) is 1. The molecule has 0 atom stereocenters. The standard InChI is InChI=1S/C12H11F3N4O/c1-19-5-4-10(18-19)11(20)17-9-3-2-7(16)6-8(9)12(13,14)15/h2-6H,16H2,1H3,(H,17,20). The predicted octanol–water partition coefficient (Wildman–Crippen LogP) is 2.27. The van der Waals surface area contributed by atoms with E-state index in [9.17, 15) is 18.0 Å². The summed E-state index contributed by atoms with van der Waals surface area (Å²) in [4.78, 5) is 11.8. The normalized spacial score (nSPS) is 11.4. The second kappa shape index (κ2) is 4.87. The molecule has 0 spiro atoms. The van der Waals surface area contributed by atoms with Crippen LogP contribution in [0.3, 0.4) is 0 Å². The van der Waals surface area contributed by atoms with Gasteiger partial charge in [0.15, 0.2) is 5.69 Å². The van der Waals surface area contributed by atoms with Gasteiger partial charge in [0.1, 0.15) is 0 Å². The van der Waals surface area contributed by atoms with Crippen LogP contribution in [-0.4, -0.2) is 15.7 Å². The van der Waals surface area contributed by atoms with Crippen molar-refractivity contribution in [3.8, 4) is 0 Å². The largest absolute Gasteiger partial charge is 0.418 e. The van der Waals surface area contributed by atoms with Crippen molar-refractivity contribution < 1.29 is 18.0 Å². The van der Waals surface area contributed by atoms with Gasteiger partial charge in [-0.1, -0.05) is 0 Å². The molecule has 3 N–H and O–H groups in total. The van der Waals surface area contributed by atoms with Gasteiger partial charge in [-0.3, -0.25) is 9.48 Å². The first-order valence-corrected chi connectivity index (χ1v) is 5.55. The molecule has 0 saturated carbocycles. The number of carbonyl (C=O) groups excluding carboxylic acids is 1. The molecule has 106 valence electrons. The minimum Gasteiger partial charge on any atom is -0.399 e. The Morgan fingerprint density at radius 3 is 2.60 bits per heavy atom. The average Bonchev–Trinajstić information content (AvgIpc) is 2.77. The smallest absolute Gasteiger partial charge is 0.399 e. The first-order chi connectivity index (χ1) is 9.27. The molecule has 0 aliphatic heterocycles. The van der Waals surface area contributed by atoms with Gasteiger partial charge in [0.2, 0.25) is 0 Å². The first kappa shape index (κ1) is 13.9. The Labute approximate surface area is 112 Å². The highest BCUT2D eigenvalue weighted by Gasteiger charge is 2.34. The molecule has 0 bridgehead atoms. The molecule has 0 radical (unpaired) electrons. The van der Waals surface area contributed by atoms with Crippen LogP contribution < -0.4 is 11.1 Å². The predicted molar refractivity (Wildman–Crippen MR) is 67.0 cm³/mol. The number of anilines is 2. The second-order valence-electron chi connectivity index (χ2n) is 4.13. The summed E-state index contributed by atoms with van der Waals surface area (Å²) in [5, 5.41) is 6.00. The van der Waals surface area contributed by atoms with Crippen molar-refractivity contribution in [2.24, 2.45) is 7.05 Å². The molecule has 1 amide bonds. The summed E-state index contributed by atoms with van der Waals surface area (Å²) in [6.07, 6.45) is -3.09. The maximum absolute atomic E-state index is 12.9. The number of hydrogen-bond acceptors (Lipinski definition) is 3. The summed E-state index contributed by atoms with van der Waals surface area (Å²) in [6.45, 7) is 0. The van der Waals surface area contributed by atoms with E-state index in [1.54, 1.807) is 7.05 Å². The van der Waals surface area contributed by atoms with Crippen LogP contribution in [0.15, 0.2) is 30.5 Å². The van der Waals surface area contributed by atoms with Crippen LogP contribution in [0.5, 0.6) is 0 Å². The van der Waals surface area contributed by atoms with Crippen LogP contribution in [-0.2, 0) is 13.2 Å². The molecule has 1 aromatic heterocycles. The monoisotopic (exact) mass is 284 g/mol. The Balaban J connectivity index is 2.32. The summed E-state index contributed by atoms with van der Waals surface area (Å²) in [7, 11) is 1.60. The van der Waals surface area contributed by atoms with Crippen molar-refractivity contribution in [1.82, 2.24) is 9.78 Å². The molecule has 8 heteroatoms. The third-order valence-electron chi connectivity index (χ3n) is 2.54. The molecule has 0 fully saturated rings. The van der Waals surface area contributed by atoms with Crippen LogP contribution in [0.4, 0.5) is 24.5 Å². The molecule has 0 aliphatic carbocycles. The summed E-state index contributed by atoms with van der Waals surface area (Å²) in [5.41, 5.74) is 3.98. The molecule has 0 saturated heterocycles. The number of nitrogen functional groups attached to an aromatic ring is 1. The lowest BCUT2D eigenvalue weighted by Gasteiger charge is -2.13. The summed E-state index contributed by atoms with van der Waals surface area (Å²) < 4.78 is 40.0. The van der Waals surface area contributed by atoms with Crippen molar-refractivity contribution in [2.75, 3.05) is 11.1 Å². The summed E-state index contributed by atoms with van der Waals surface area (Å²) >= 11 is 0. The zero-order chi connectivity index (χ0) is 14.9. The molecular weight excluding hydrogens is 273 g/mol. The highest BCUT2D eigenvalue weighted by molar-refractivity contribution is 6.03. The van der Waals surface area contributed by atoms with Crippen molar-refractivity contribution in [3.05, 3.63) is 41.7 Å². The Bertz CT molecular complexity index is 648. The zero-order valence-electron chi connectivity index (χ0n) is 10.4. The number of carbonyl (C=O) groups is 1. The molecule has 1 aromatic carbocycles. The molecule has 0 unspecified atom stereocenters. The Kier molecular flexibility index (Phi) is 3.39. The number of alkyl halides is 3. The number of aryl methyl sites for hydroxylation is 1. The maximum atomic E-state index is 12.9. The Morgan fingerprint density at radius 2 is 2.05 bits per heavy atom. The van der Waals surface area contributed by atoms with Crippen molar-refractivity contribution in [1.29, 1.82) is 0 Å². The minimum absolute atomic E-state index is 0.0254. The van der Waals surface area contributed by atoms with Gasteiger partial charge < -0.3 is 11.1 Å². The molecule has 1 heterocycles.